The highest BCUT2D eigenvalue weighted by atomic mass is 32.1. The Labute approximate surface area is 99.8 Å². The number of thiazole rings is 1. The first-order chi connectivity index (χ1) is 7.72. The first-order valence-electron chi connectivity index (χ1n) is 4.76. The van der Waals surface area contributed by atoms with Crippen LogP contribution in [0.15, 0.2) is 16.0 Å². The van der Waals surface area contributed by atoms with E-state index in [2.05, 4.69) is 9.97 Å². The average Bonchev–Trinajstić information content (AvgIpc) is 2.88. The van der Waals surface area contributed by atoms with E-state index in [4.69, 9.17) is 10.2 Å². The van der Waals surface area contributed by atoms with Gasteiger partial charge in [-0.3, -0.25) is 0 Å². The van der Waals surface area contributed by atoms with Crippen molar-refractivity contribution < 1.29 is 4.42 Å². The number of hydrogen-bond acceptors (Lipinski definition) is 6. The molecule has 0 unspecified atom stereocenters. The van der Waals surface area contributed by atoms with Crippen LogP contribution < -0.4 is 5.73 Å². The zero-order chi connectivity index (χ0) is 11.1. The Kier molecular flexibility index (Phi) is 2.19. The molecule has 3 rings (SSSR count). The zero-order valence-corrected chi connectivity index (χ0v) is 10.2. The molecule has 0 saturated heterocycles. The lowest BCUT2D eigenvalue weighted by Gasteiger charge is -1.88. The molecule has 2 N–H and O–H groups in total. The third-order valence-corrected chi connectivity index (χ3v) is 3.91. The van der Waals surface area contributed by atoms with Crippen LogP contribution in [0.2, 0.25) is 0 Å². The molecule has 0 radical (unpaired) electrons. The Hall–Kier alpha value is -1.40. The number of anilines is 1. The highest BCUT2D eigenvalue weighted by molar-refractivity contribution is 7.15. The highest BCUT2D eigenvalue weighted by Gasteiger charge is 2.11. The molecule has 3 aromatic heterocycles. The number of aromatic nitrogens is 2. The lowest BCUT2D eigenvalue weighted by Crippen LogP contribution is -1.85. The summed E-state index contributed by atoms with van der Waals surface area (Å²) in [6, 6.07) is 0. The molecule has 3 heterocycles. The Morgan fingerprint density at radius 3 is 3.06 bits per heavy atom. The van der Waals surface area contributed by atoms with E-state index in [1.165, 1.54) is 11.3 Å². The Morgan fingerprint density at radius 2 is 2.38 bits per heavy atom. The van der Waals surface area contributed by atoms with Gasteiger partial charge in [0.2, 0.25) is 5.89 Å². The van der Waals surface area contributed by atoms with Crippen molar-refractivity contribution in [3.8, 4) is 0 Å². The third kappa shape index (κ3) is 1.60. The van der Waals surface area contributed by atoms with E-state index in [1.807, 2.05) is 18.5 Å². The fraction of sp³-hybridized carbons (Fsp3) is 0.200. The molecule has 0 amide bonds. The number of rotatable bonds is 2. The van der Waals surface area contributed by atoms with E-state index in [0.717, 1.165) is 21.0 Å². The third-order valence-electron chi connectivity index (χ3n) is 2.22. The molecule has 3 aromatic rings. The molecule has 0 fully saturated rings. The minimum absolute atomic E-state index is 0.685. The van der Waals surface area contributed by atoms with Gasteiger partial charge < -0.3 is 10.2 Å². The largest absolute Gasteiger partial charge is 0.439 e. The molecule has 0 aliphatic rings. The summed E-state index contributed by atoms with van der Waals surface area (Å²) in [4.78, 5) is 9.73. The van der Waals surface area contributed by atoms with E-state index >= 15 is 0 Å². The number of nitrogen functional groups attached to an aromatic ring is 1. The molecule has 82 valence electrons. The fourth-order valence-electron chi connectivity index (χ4n) is 1.52. The van der Waals surface area contributed by atoms with Crippen LogP contribution >= 0.6 is 22.7 Å². The predicted octanol–water partition coefficient (Wildman–Crippen LogP) is 2.83. The lowest BCUT2D eigenvalue weighted by atomic mass is 10.4. The van der Waals surface area contributed by atoms with Crippen LogP contribution in [-0.2, 0) is 6.42 Å². The number of oxazole rings is 1. The van der Waals surface area contributed by atoms with E-state index in [0.29, 0.717) is 17.3 Å². The fourth-order valence-corrected chi connectivity index (χ4v) is 2.96. The number of thiophene rings is 1. The number of nitrogens with two attached hydrogens (primary N) is 1. The van der Waals surface area contributed by atoms with Gasteiger partial charge in [0.1, 0.15) is 10.5 Å². The summed E-state index contributed by atoms with van der Waals surface area (Å²) in [6.07, 6.45) is 2.55. The average molecular weight is 251 g/mol. The molecular formula is C10H9N3OS2. The van der Waals surface area contributed by atoms with Crippen molar-refractivity contribution in [3.63, 3.8) is 0 Å². The Bertz CT molecular complexity index is 637. The minimum Gasteiger partial charge on any atom is -0.439 e. The molecule has 0 aliphatic heterocycles. The lowest BCUT2D eigenvalue weighted by molar-refractivity contribution is 0.546. The van der Waals surface area contributed by atoms with Crippen molar-refractivity contribution in [1.82, 2.24) is 9.97 Å². The quantitative estimate of drug-likeness (QED) is 0.760. The SMILES string of the molecule is Cc1ncc(Cc2nc3c(N)scc3o2)s1. The number of fused-ring (bicyclic) bond motifs is 1. The van der Waals surface area contributed by atoms with Gasteiger partial charge in [-0.15, -0.1) is 22.7 Å². The summed E-state index contributed by atoms with van der Waals surface area (Å²) >= 11 is 3.11. The molecule has 6 heteroatoms. The summed E-state index contributed by atoms with van der Waals surface area (Å²) < 4.78 is 5.60. The second kappa shape index (κ2) is 3.57. The van der Waals surface area contributed by atoms with Crippen LogP contribution in [0.25, 0.3) is 11.1 Å². The topological polar surface area (TPSA) is 64.9 Å². The smallest absolute Gasteiger partial charge is 0.200 e. The van der Waals surface area contributed by atoms with Crippen molar-refractivity contribution in [1.29, 1.82) is 0 Å². The van der Waals surface area contributed by atoms with Crippen LogP contribution in [0, 0.1) is 6.92 Å². The van der Waals surface area contributed by atoms with Gasteiger partial charge in [0.25, 0.3) is 0 Å². The molecule has 0 aliphatic carbocycles. The number of aryl methyl sites for hydroxylation is 1. The summed E-state index contributed by atoms with van der Waals surface area (Å²) in [5.41, 5.74) is 7.33. The zero-order valence-electron chi connectivity index (χ0n) is 8.56. The van der Waals surface area contributed by atoms with Crippen molar-refractivity contribution in [2.24, 2.45) is 0 Å². The molecule has 16 heavy (non-hydrogen) atoms. The van der Waals surface area contributed by atoms with Crippen LogP contribution in [0.1, 0.15) is 15.8 Å². The molecule has 4 nitrogen and oxygen atoms in total. The molecule has 0 aromatic carbocycles. The monoisotopic (exact) mass is 251 g/mol. The van der Waals surface area contributed by atoms with Crippen LogP contribution in [0.4, 0.5) is 5.00 Å². The maximum atomic E-state index is 5.77. The molecule has 0 spiro atoms. The standard InChI is InChI=1S/C10H9N3OS2/c1-5-12-3-6(16-5)2-8-13-9-7(14-8)4-15-10(9)11/h3-4H,2,11H2,1H3. The highest BCUT2D eigenvalue weighted by Crippen LogP contribution is 2.29. The Balaban J connectivity index is 1.94. The maximum absolute atomic E-state index is 5.77. The summed E-state index contributed by atoms with van der Waals surface area (Å²) in [6.45, 7) is 1.99. The van der Waals surface area contributed by atoms with Gasteiger partial charge in [0.05, 0.1) is 11.4 Å². The van der Waals surface area contributed by atoms with Crippen molar-refractivity contribution in [2.75, 3.05) is 5.73 Å². The molecule has 0 atom stereocenters. The number of nitrogens with zero attached hydrogens (tertiary/aromatic N) is 2. The second-order valence-corrected chi connectivity index (χ2v) is 5.67. The Morgan fingerprint density at radius 1 is 1.50 bits per heavy atom. The van der Waals surface area contributed by atoms with Crippen molar-refractivity contribution in [3.05, 3.63) is 27.4 Å². The molecule has 0 bridgehead atoms. The second-order valence-electron chi connectivity index (χ2n) is 3.44. The van der Waals surface area contributed by atoms with Gasteiger partial charge >= 0.3 is 0 Å². The summed E-state index contributed by atoms with van der Waals surface area (Å²) in [5, 5.41) is 3.66. The van der Waals surface area contributed by atoms with Gasteiger partial charge in [-0.25, -0.2) is 9.97 Å². The summed E-state index contributed by atoms with van der Waals surface area (Å²) in [5.74, 6) is 0.702. The van der Waals surface area contributed by atoms with Gasteiger partial charge in [-0.2, -0.15) is 0 Å². The molecular weight excluding hydrogens is 242 g/mol. The van der Waals surface area contributed by atoms with E-state index in [-0.39, 0.29) is 0 Å². The van der Waals surface area contributed by atoms with E-state index in [9.17, 15) is 0 Å². The van der Waals surface area contributed by atoms with E-state index in [1.54, 1.807) is 11.3 Å². The van der Waals surface area contributed by atoms with Crippen molar-refractivity contribution >= 4 is 38.8 Å². The van der Waals surface area contributed by atoms with Crippen LogP contribution in [-0.4, -0.2) is 9.97 Å². The van der Waals surface area contributed by atoms with Gasteiger partial charge in [0.15, 0.2) is 5.58 Å². The number of hydrogen-bond donors (Lipinski definition) is 1. The summed E-state index contributed by atoms with van der Waals surface area (Å²) in [7, 11) is 0. The van der Waals surface area contributed by atoms with Gasteiger partial charge in [0, 0.05) is 16.5 Å². The predicted molar refractivity (Wildman–Crippen MR) is 66.0 cm³/mol. The van der Waals surface area contributed by atoms with Crippen LogP contribution in [0.5, 0.6) is 0 Å². The van der Waals surface area contributed by atoms with Gasteiger partial charge in [-0.05, 0) is 6.92 Å². The van der Waals surface area contributed by atoms with Gasteiger partial charge in [-0.1, -0.05) is 0 Å². The first-order valence-corrected chi connectivity index (χ1v) is 6.45. The normalized spacial score (nSPS) is 11.3. The van der Waals surface area contributed by atoms with E-state index < -0.39 is 0 Å². The minimum atomic E-state index is 0.685. The first kappa shape index (κ1) is 9.80. The molecule has 0 saturated carbocycles. The maximum Gasteiger partial charge on any atom is 0.200 e. The van der Waals surface area contributed by atoms with Crippen molar-refractivity contribution in [2.45, 2.75) is 13.3 Å². The van der Waals surface area contributed by atoms with Crippen LogP contribution in [0.3, 0.4) is 0 Å².